The first-order valence-corrected chi connectivity index (χ1v) is 8.59. The molecule has 0 bridgehead atoms. The van der Waals surface area contributed by atoms with Crippen molar-refractivity contribution in [2.75, 3.05) is 6.54 Å². The maximum absolute atomic E-state index is 13.0. The van der Waals surface area contributed by atoms with Crippen molar-refractivity contribution >= 4 is 10.0 Å². The van der Waals surface area contributed by atoms with Crippen LogP contribution in [-0.2, 0) is 10.0 Å². The van der Waals surface area contributed by atoms with Crippen LogP contribution in [0, 0.1) is 20.8 Å². The first-order valence-electron chi connectivity index (χ1n) is 7.15. The quantitative estimate of drug-likeness (QED) is 0.857. The zero-order chi connectivity index (χ0) is 15.9. The molecule has 0 N–H and O–H groups in total. The fourth-order valence-electron chi connectivity index (χ4n) is 2.94. The molecule has 7 nitrogen and oxygen atoms in total. The molecule has 0 radical (unpaired) electrons. The van der Waals surface area contributed by atoms with Crippen molar-refractivity contribution in [2.45, 2.75) is 44.6 Å². The van der Waals surface area contributed by atoms with E-state index < -0.39 is 10.0 Å². The summed E-state index contributed by atoms with van der Waals surface area (Å²) in [6.45, 7) is 5.53. The van der Waals surface area contributed by atoms with E-state index in [2.05, 4.69) is 15.1 Å². The van der Waals surface area contributed by atoms with Gasteiger partial charge < -0.3 is 4.52 Å². The third kappa shape index (κ3) is 2.42. The Kier molecular flexibility index (Phi) is 3.73. The average molecular weight is 322 g/mol. The van der Waals surface area contributed by atoms with Crippen LogP contribution in [-0.4, -0.2) is 34.4 Å². The minimum absolute atomic E-state index is 0.171. The van der Waals surface area contributed by atoms with Gasteiger partial charge in [-0.2, -0.15) is 4.31 Å². The second-order valence-electron chi connectivity index (χ2n) is 5.46. The molecule has 1 aliphatic rings. The largest absolute Gasteiger partial charge is 0.360 e. The normalized spacial score (nSPS) is 19.7. The number of sulfonamides is 1. The second kappa shape index (κ2) is 5.44. The van der Waals surface area contributed by atoms with Crippen molar-refractivity contribution < 1.29 is 12.9 Å². The van der Waals surface area contributed by atoms with E-state index in [0.717, 1.165) is 18.5 Å². The molecule has 0 saturated carbocycles. The highest BCUT2D eigenvalue weighted by Crippen LogP contribution is 2.37. The topological polar surface area (TPSA) is 89.2 Å². The Morgan fingerprint density at radius 1 is 1.32 bits per heavy atom. The van der Waals surface area contributed by atoms with Crippen molar-refractivity contribution in [1.82, 2.24) is 19.4 Å². The first kappa shape index (κ1) is 15.1. The van der Waals surface area contributed by atoms with E-state index in [1.165, 1.54) is 4.31 Å². The van der Waals surface area contributed by atoms with Gasteiger partial charge in [0.05, 0.1) is 11.7 Å². The fourth-order valence-corrected chi connectivity index (χ4v) is 4.91. The van der Waals surface area contributed by atoms with E-state index in [9.17, 15) is 8.42 Å². The molecular weight excluding hydrogens is 304 g/mol. The predicted molar refractivity (Wildman–Crippen MR) is 78.6 cm³/mol. The highest BCUT2D eigenvalue weighted by Gasteiger charge is 2.39. The van der Waals surface area contributed by atoms with Gasteiger partial charge in [-0.15, -0.1) is 0 Å². The summed E-state index contributed by atoms with van der Waals surface area (Å²) < 4.78 is 32.5. The molecule has 22 heavy (non-hydrogen) atoms. The van der Waals surface area contributed by atoms with Gasteiger partial charge >= 0.3 is 0 Å². The standard InChI is InChI=1S/C14H18N4O3S/c1-9-14(10(2)21-17-9)22(19,20)18-8-4-5-13(18)12-6-7-15-11(3)16-12/h6-7,13H,4-5,8H2,1-3H3/t13-/m0/s1. The molecule has 0 aliphatic carbocycles. The molecule has 8 heteroatoms. The zero-order valence-electron chi connectivity index (χ0n) is 12.8. The smallest absolute Gasteiger partial charge is 0.249 e. The molecule has 1 fully saturated rings. The number of aromatic nitrogens is 3. The highest BCUT2D eigenvalue weighted by molar-refractivity contribution is 7.89. The van der Waals surface area contributed by atoms with Crippen molar-refractivity contribution in [2.24, 2.45) is 0 Å². The van der Waals surface area contributed by atoms with Crippen molar-refractivity contribution in [3.63, 3.8) is 0 Å². The lowest BCUT2D eigenvalue weighted by Gasteiger charge is -2.23. The molecular formula is C14H18N4O3S. The van der Waals surface area contributed by atoms with Gasteiger partial charge in [0.25, 0.3) is 0 Å². The Bertz CT molecular complexity index is 781. The maximum atomic E-state index is 13.0. The van der Waals surface area contributed by atoms with Crippen LogP contribution >= 0.6 is 0 Å². The Morgan fingerprint density at radius 3 is 2.73 bits per heavy atom. The van der Waals surface area contributed by atoms with Crippen molar-refractivity contribution in [3.05, 3.63) is 35.2 Å². The Morgan fingerprint density at radius 2 is 2.09 bits per heavy atom. The fraction of sp³-hybridized carbons (Fsp3) is 0.500. The van der Waals surface area contributed by atoms with Crippen LogP contribution in [0.1, 0.15) is 41.9 Å². The van der Waals surface area contributed by atoms with Crippen LogP contribution in [0.4, 0.5) is 0 Å². The van der Waals surface area contributed by atoms with Crippen LogP contribution in [0.5, 0.6) is 0 Å². The molecule has 1 aliphatic heterocycles. The van der Waals surface area contributed by atoms with Gasteiger partial charge in [-0.25, -0.2) is 18.4 Å². The van der Waals surface area contributed by atoms with E-state index in [1.54, 1.807) is 33.0 Å². The molecule has 0 amide bonds. The van der Waals surface area contributed by atoms with Gasteiger partial charge in [-0.1, -0.05) is 5.16 Å². The molecule has 2 aromatic heterocycles. The number of nitrogens with zero attached hydrogens (tertiary/aromatic N) is 4. The van der Waals surface area contributed by atoms with E-state index in [1.807, 2.05) is 0 Å². The second-order valence-corrected chi connectivity index (χ2v) is 7.28. The average Bonchev–Trinajstić information content (AvgIpc) is 3.06. The number of rotatable bonds is 3. The molecule has 118 valence electrons. The summed E-state index contributed by atoms with van der Waals surface area (Å²) in [4.78, 5) is 8.63. The van der Waals surface area contributed by atoms with Crippen LogP contribution in [0.25, 0.3) is 0 Å². The third-order valence-electron chi connectivity index (χ3n) is 3.88. The lowest BCUT2D eigenvalue weighted by Crippen LogP contribution is -2.31. The van der Waals surface area contributed by atoms with Gasteiger partial charge in [-0.05, 0) is 39.7 Å². The zero-order valence-corrected chi connectivity index (χ0v) is 13.6. The van der Waals surface area contributed by atoms with E-state index in [4.69, 9.17) is 4.52 Å². The molecule has 0 spiro atoms. The van der Waals surface area contributed by atoms with Gasteiger partial charge in [0, 0.05) is 12.7 Å². The van der Waals surface area contributed by atoms with Gasteiger partial charge in [-0.3, -0.25) is 0 Å². The Balaban J connectivity index is 2.03. The summed E-state index contributed by atoms with van der Waals surface area (Å²) in [5, 5.41) is 3.76. The summed E-state index contributed by atoms with van der Waals surface area (Å²) >= 11 is 0. The summed E-state index contributed by atoms with van der Waals surface area (Å²) in [7, 11) is -3.65. The minimum Gasteiger partial charge on any atom is -0.360 e. The minimum atomic E-state index is -3.65. The Labute approximate surface area is 129 Å². The van der Waals surface area contributed by atoms with Crippen LogP contribution < -0.4 is 0 Å². The number of hydrogen-bond donors (Lipinski definition) is 0. The molecule has 3 heterocycles. The molecule has 1 atom stereocenters. The van der Waals surface area contributed by atoms with E-state index >= 15 is 0 Å². The summed E-state index contributed by atoms with van der Waals surface area (Å²) in [6, 6.07) is 1.51. The Hall–Kier alpha value is -1.80. The van der Waals surface area contributed by atoms with Crippen LogP contribution in [0.15, 0.2) is 21.7 Å². The van der Waals surface area contributed by atoms with Crippen molar-refractivity contribution in [1.29, 1.82) is 0 Å². The molecule has 0 unspecified atom stereocenters. The molecule has 0 aromatic carbocycles. The third-order valence-corrected chi connectivity index (χ3v) is 6.03. The lowest BCUT2D eigenvalue weighted by molar-refractivity contribution is 0.381. The van der Waals surface area contributed by atoms with Crippen molar-refractivity contribution in [3.8, 4) is 0 Å². The van der Waals surface area contributed by atoms with Gasteiger partial charge in [0.15, 0.2) is 5.76 Å². The highest BCUT2D eigenvalue weighted by atomic mass is 32.2. The van der Waals surface area contributed by atoms with Crippen LogP contribution in [0.2, 0.25) is 0 Å². The predicted octanol–water partition coefficient (Wildman–Crippen LogP) is 1.92. The monoisotopic (exact) mass is 322 g/mol. The molecule has 2 aromatic rings. The van der Waals surface area contributed by atoms with E-state index in [-0.39, 0.29) is 10.9 Å². The summed E-state index contributed by atoms with van der Waals surface area (Å²) in [5.41, 5.74) is 1.13. The maximum Gasteiger partial charge on any atom is 0.249 e. The summed E-state index contributed by atoms with van der Waals surface area (Å²) in [5.74, 6) is 0.959. The number of hydrogen-bond acceptors (Lipinski definition) is 6. The summed E-state index contributed by atoms with van der Waals surface area (Å²) in [6.07, 6.45) is 3.21. The van der Waals surface area contributed by atoms with E-state index in [0.29, 0.717) is 23.8 Å². The lowest BCUT2D eigenvalue weighted by atomic mass is 10.1. The molecule has 3 rings (SSSR count). The first-order chi connectivity index (χ1) is 10.4. The molecule has 1 saturated heterocycles. The number of aryl methyl sites for hydroxylation is 3. The van der Waals surface area contributed by atoms with Gasteiger partial charge in [0.1, 0.15) is 16.4 Å². The van der Waals surface area contributed by atoms with Gasteiger partial charge in [0.2, 0.25) is 10.0 Å². The van der Waals surface area contributed by atoms with Crippen LogP contribution in [0.3, 0.4) is 0 Å². The SMILES string of the molecule is Cc1nccc([C@@H]2CCCN2S(=O)(=O)c2c(C)noc2C)n1.